The first kappa shape index (κ1) is 32.4. The Bertz CT molecular complexity index is 1110. The number of phenols is 1. The largest absolute Gasteiger partial charge is 0.668 e. The molecule has 0 aliphatic carbocycles. The van der Waals surface area contributed by atoms with Gasteiger partial charge in [0.1, 0.15) is 22.9 Å². The molecule has 0 spiro atoms. The van der Waals surface area contributed by atoms with E-state index in [1.807, 2.05) is 25.9 Å². The zero-order valence-electron chi connectivity index (χ0n) is 20.6. The van der Waals surface area contributed by atoms with Crippen LogP contribution in [0.2, 0.25) is 0 Å². The van der Waals surface area contributed by atoms with Gasteiger partial charge in [-0.25, -0.2) is 9.18 Å². The second kappa shape index (κ2) is 16.1. The minimum atomic E-state index is -0.589. The molecule has 34 heavy (non-hydrogen) atoms. The number of methoxy groups -OCH3 is 1. The summed E-state index contributed by atoms with van der Waals surface area (Å²) in [5, 5.41) is 13.9. The van der Waals surface area contributed by atoms with Crippen LogP contribution in [0.15, 0.2) is 39.5 Å². The Labute approximate surface area is 231 Å². The van der Waals surface area contributed by atoms with Gasteiger partial charge in [0.15, 0.2) is 0 Å². The Morgan fingerprint density at radius 3 is 2.35 bits per heavy atom. The topological polar surface area (TPSA) is 103 Å². The van der Waals surface area contributed by atoms with E-state index in [1.54, 1.807) is 26.2 Å². The predicted molar refractivity (Wildman–Crippen MR) is 136 cm³/mol. The van der Waals surface area contributed by atoms with E-state index >= 15 is 0 Å². The van der Waals surface area contributed by atoms with Crippen molar-refractivity contribution < 1.29 is 51.4 Å². The Morgan fingerprint density at radius 2 is 1.82 bits per heavy atom. The molecule has 0 unspecified atom stereocenters. The van der Waals surface area contributed by atoms with Crippen LogP contribution in [0, 0.1) is 5.82 Å². The molecular weight excluding hydrogens is 534 g/mol. The summed E-state index contributed by atoms with van der Waals surface area (Å²) < 4.78 is 25.2. The van der Waals surface area contributed by atoms with Gasteiger partial charge in [-0.05, 0) is 37.0 Å². The van der Waals surface area contributed by atoms with E-state index in [2.05, 4.69) is 17.9 Å². The van der Waals surface area contributed by atoms with Crippen LogP contribution >= 0.6 is 12.6 Å². The molecule has 0 bridgehead atoms. The number of hydrogen-bond acceptors (Lipinski definition) is 7. The molecule has 0 amide bonds. The number of aromatic hydroxyl groups is 1. The maximum absolute atomic E-state index is 14.4. The van der Waals surface area contributed by atoms with Gasteiger partial charge in [-0.15, -0.1) is 0 Å². The van der Waals surface area contributed by atoms with Crippen LogP contribution in [0.5, 0.6) is 11.5 Å². The van der Waals surface area contributed by atoms with Crippen molar-refractivity contribution in [2.45, 2.75) is 19.9 Å². The average Bonchev–Trinajstić information content (AvgIpc) is 2.73. The molecule has 0 saturated carbocycles. The number of thiol groups is 1. The van der Waals surface area contributed by atoms with Gasteiger partial charge in [-0.2, -0.15) is 26.7 Å². The first-order chi connectivity index (χ1) is 15.6. The van der Waals surface area contributed by atoms with E-state index in [9.17, 15) is 14.3 Å². The minimum absolute atomic E-state index is 0. The summed E-state index contributed by atoms with van der Waals surface area (Å²) in [5.74, 6) is 0.693. The molecule has 185 valence electrons. The smallest absolute Gasteiger partial charge is 0.340 e. The number of nitrogen functional groups attached to an aromatic ring is 1. The summed E-state index contributed by atoms with van der Waals surface area (Å²) in [6.45, 7) is 2.39. The quantitative estimate of drug-likeness (QED) is 0.240. The molecule has 0 fully saturated rings. The number of ether oxygens (including phenoxy) is 1. The van der Waals surface area contributed by atoms with Crippen molar-refractivity contribution in [2.75, 3.05) is 46.8 Å². The van der Waals surface area contributed by atoms with Gasteiger partial charge in [0.2, 0.25) is 0 Å². The molecule has 0 aliphatic rings. The fourth-order valence-corrected chi connectivity index (χ4v) is 3.15. The molecule has 2 aromatic carbocycles. The maximum atomic E-state index is 14.4. The minimum Gasteiger partial charge on any atom is -0.668 e. The van der Waals surface area contributed by atoms with Crippen molar-refractivity contribution in [1.82, 2.24) is 4.90 Å². The number of nitrogens with two attached hydrogens (primary N) is 1. The van der Waals surface area contributed by atoms with Crippen LogP contribution in [-0.4, -0.2) is 51.1 Å². The molecule has 10 heteroatoms. The van der Waals surface area contributed by atoms with Crippen LogP contribution in [0.1, 0.15) is 23.6 Å². The number of benzene rings is 2. The average molecular weight is 568 g/mol. The first-order valence-corrected chi connectivity index (χ1v) is 10.9. The van der Waals surface area contributed by atoms with Crippen molar-refractivity contribution in [3.8, 4) is 11.5 Å². The summed E-state index contributed by atoms with van der Waals surface area (Å²) >= 11 is 3.79. The fourth-order valence-electron chi connectivity index (χ4n) is 3.15. The Morgan fingerprint density at radius 1 is 1.24 bits per heavy atom. The van der Waals surface area contributed by atoms with Crippen molar-refractivity contribution in [3.05, 3.63) is 68.6 Å². The SMILES string of the molecule is CCS.COc1cc(O)cc2oc(=O)c(Cc3cccc(N)c3F)c(CN(C)C)c12.C[N-]C.[Y]. The van der Waals surface area contributed by atoms with E-state index < -0.39 is 11.4 Å². The van der Waals surface area contributed by atoms with Gasteiger partial charge in [0.25, 0.3) is 0 Å². The Hall–Kier alpha value is -1.65. The summed E-state index contributed by atoms with van der Waals surface area (Å²) in [4.78, 5) is 14.6. The van der Waals surface area contributed by atoms with Crippen molar-refractivity contribution in [1.29, 1.82) is 0 Å². The summed E-state index contributed by atoms with van der Waals surface area (Å²) in [7, 11) is 8.69. The van der Waals surface area contributed by atoms with Gasteiger partial charge < -0.3 is 30.2 Å². The van der Waals surface area contributed by atoms with Gasteiger partial charge in [-0.3, -0.25) is 0 Å². The number of phenolic OH excluding ortho intramolecular Hbond substituents is 1. The van der Waals surface area contributed by atoms with Crippen molar-refractivity contribution in [2.24, 2.45) is 0 Å². The molecule has 3 aromatic rings. The standard InChI is InChI=1S/C20H21FN2O4.C2H6N.C2H6S.Y/c1-23(2)10-14-13(7-11-5-4-6-15(22)19(11)21)20(25)27-17-9-12(24)8-16(26-3)18(14)17;1-3-2;1-2-3;/h4-6,8-9,24H,7,10,22H2,1-3H3;1-2H3;3H,2H2,1H3;/q;-1;;. The monoisotopic (exact) mass is 567 g/mol. The zero-order valence-corrected chi connectivity index (χ0v) is 24.3. The number of anilines is 1. The molecule has 7 nitrogen and oxygen atoms in total. The fraction of sp³-hybridized carbons (Fsp3) is 0.375. The zero-order chi connectivity index (χ0) is 25.1. The Kier molecular flexibility index (Phi) is 15.3. The summed E-state index contributed by atoms with van der Waals surface area (Å²) in [5.41, 5.74) is 6.58. The number of fused-ring (bicyclic) bond motifs is 1. The van der Waals surface area contributed by atoms with Gasteiger partial charge >= 0.3 is 5.63 Å². The van der Waals surface area contributed by atoms with E-state index in [0.29, 0.717) is 34.4 Å². The third-order valence-corrected chi connectivity index (χ3v) is 4.34. The van der Waals surface area contributed by atoms with E-state index in [0.717, 1.165) is 5.75 Å². The third kappa shape index (κ3) is 8.85. The molecule has 3 N–H and O–H groups in total. The summed E-state index contributed by atoms with van der Waals surface area (Å²) in [6, 6.07) is 7.51. The third-order valence-electron chi connectivity index (χ3n) is 4.34. The molecule has 1 heterocycles. The van der Waals surface area contributed by atoms with E-state index in [-0.39, 0.29) is 56.1 Å². The van der Waals surface area contributed by atoms with E-state index in [1.165, 1.54) is 25.3 Å². The van der Waals surface area contributed by atoms with Crippen LogP contribution < -0.4 is 16.1 Å². The summed E-state index contributed by atoms with van der Waals surface area (Å²) in [6.07, 6.45) is 0.0301. The second-order valence-corrected chi connectivity index (χ2v) is 8.00. The number of halogens is 1. The predicted octanol–water partition coefficient (Wildman–Crippen LogP) is 4.43. The Balaban J connectivity index is 0.00000141. The molecular formula is C24H33FN3O4SY-. The molecule has 3 rings (SSSR count). The molecule has 1 radical (unpaired) electrons. The van der Waals surface area contributed by atoms with Crippen LogP contribution in [-0.2, 0) is 45.7 Å². The van der Waals surface area contributed by atoms with Crippen LogP contribution in [0.4, 0.5) is 10.1 Å². The molecule has 0 aliphatic heterocycles. The van der Waals surface area contributed by atoms with Crippen molar-refractivity contribution >= 4 is 29.3 Å². The number of rotatable bonds is 5. The van der Waals surface area contributed by atoms with Gasteiger partial charge in [0, 0.05) is 63.4 Å². The molecule has 0 atom stereocenters. The van der Waals surface area contributed by atoms with Gasteiger partial charge in [-0.1, -0.05) is 19.1 Å². The van der Waals surface area contributed by atoms with E-state index in [4.69, 9.17) is 14.9 Å². The van der Waals surface area contributed by atoms with Crippen LogP contribution in [0.25, 0.3) is 16.3 Å². The first-order valence-electron chi connectivity index (χ1n) is 10.3. The maximum Gasteiger partial charge on any atom is 0.340 e. The van der Waals surface area contributed by atoms with Crippen molar-refractivity contribution in [3.63, 3.8) is 0 Å². The molecule has 1 aromatic heterocycles. The van der Waals surface area contributed by atoms with Gasteiger partial charge in [0.05, 0.1) is 18.2 Å². The number of nitrogens with zero attached hydrogens (tertiary/aromatic N) is 2. The normalized spacial score (nSPS) is 10.0. The van der Waals surface area contributed by atoms with Crippen LogP contribution in [0.3, 0.4) is 0 Å². The molecule has 0 saturated heterocycles. The number of hydrogen-bond donors (Lipinski definition) is 3. The second-order valence-electron chi connectivity index (χ2n) is 7.37.